The van der Waals surface area contributed by atoms with Gasteiger partial charge in [0.2, 0.25) is 5.88 Å². The fraction of sp³-hybridized carbons (Fsp3) is 0.667. The van der Waals surface area contributed by atoms with E-state index in [0.29, 0.717) is 5.88 Å². The molecule has 1 amide bonds. The molecule has 2 aliphatic rings. The molecule has 0 spiro atoms. The number of rotatable bonds is 4. The Labute approximate surface area is 174 Å². The van der Waals surface area contributed by atoms with Gasteiger partial charge in [-0.1, -0.05) is 0 Å². The van der Waals surface area contributed by atoms with Crippen molar-refractivity contribution in [3.8, 4) is 5.88 Å². The Morgan fingerprint density at radius 1 is 1.24 bits per heavy atom. The van der Waals surface area contributed by atoms with E-state index >= 15 is 0 Å². The number of amides is 1. The highest BCUT2D eigenvalue weighted by Gasteiger charge is 2.31. The summed E-state index contributed by atoms with van der Waals surface area (Å²) in [6, 6.07) is 0.110. The molecule has 29 heavy (non-hydrogen) atoms. The van der Waals surface area contributed by atoms with Crippen molar-refractivity contribution in [3.63, 3.8) is 0 Å². The molecule has 2 aromatic rings. The monoisotopic (exact) mass is 419 g/mol. The summed E-state index contributed by atoms with van der Waals surface area (Å²) in [5.74, 6) is 0.789. The van der Waals surface area contributed by atoms with Gasteiger partial charge in [-0.05, 0) is 64.9 Å². The lowest BCUT2D eigenvalue weighted by atomic mass is 9.93. The Bertz CT molecular complexity index is 884. The minimum Gasteiger partial charge on any atom is -0.474 e. The Hall–Kier alpha value is -1.93. The summed E-state index contributed by atoms with van der Waals surface area (Å²) in [7, 11) is 0. The average molecular weight is 420 g/mol. The molecule has 2 aliphatic carbocycles. The molecule has 1 atom stereocenters. The quantitative estimate of drug-likeness (QED) is 0.780. The number of thiophene rings is 1. The second-order valence-electron chi connectivity index (χ2n) is 8.95. The van der Waals surface area contributed by atoms with E-state index in [2.05, 4.69) is 15.3 Å². The van der Waals surface area contributed by atoms with Crippen molar-refractivity contribution in [2.24, 2.45) is 0 Å². The summed E-state index contributed by atoms with van der Waals surface area (Å²) in [6.45, 7) is 5.74. The fourth-order valence-corrected chi connectivity index (χ4v) is 5.50. The average Bonchev–Trinajstić information content (AvgIpc) is 3.20. The summed E-state index contributed by atoms with van der Waals surface area (Å²) < 4.78 is 11.7. The van der Waals surface area contributed by atoms with Crippen LogP contribution in [-0.2, 0) is 11.2 Å². The number of hydrogen-bond donors (Lipinski definition) is 2. The van der Waals surface area contributed by atoms with Gasteiger partial charge in [0.1, 0.15) is 22.9 Å². The van der Waals surface area contributed by atoms with E-state index in [9.17, 15) is 9.90 Å². The van der Waals surface area contributed by atoms with E-state index in [1.165, 1.54) is 10.4 Å². The van der Waals surface area contributed by atoms with E-state index in [-0.39, 0.29) is 30.8 Å². The van der Waals surface area contributed by atoms with Crippen LogP contribution < -0.4 is 10.1 Å². The summed E-state index contributed by atoms with van der Waals surface area (Å²) in [6.07, 6.45) is 6.62. The van der Waals surface area contributed by atoms with Crippen molar-refractivity contribution in [3.05, 3.63) is 16.8 Å². The predicted octanol–water partition coefficient (Wildman–Crippen LogP) is 3.93. The van der Waals surface area contributed by atoms with Crippen molar-refractivity contribution >= 4 is 27.6 Å². The highest BCUT2D eigenvalue weighted by molar-refractivity contribution is 7.19. The number of nitrogens with zero attached hydrogens (tertiary/aromatic N) is 2. The van der Waals surface area contributed by atoms with Crippen LogP contribution in [0.3, 0.4) is 0 Å². The molecule has 0 aromatic carbocycles. The minimum atomic E-state index is -0.490. The number of aryl methyl sites for hydroxylation is 1. The van der Waals surface area contributed by atoms with Crippen LogP contribution in [0.4, 0.5) is 4.79 Å². The van der Waals surface area contributed by atoms with Crippen LogP contribution in [0.1, 0.15) is 69.2 Å². The number of fused-ring (bicyclic) bond motifs is 3. The normalized spacial score (nSPS) is 24.3. The molecule has 1 saturated carbocycles. The first-order valence-electron chi connectivity index (χ1n) is 10.4. The Balaban J connectivity index is 1.40. The number of nitrogens with one attached hydrogen (secondary N) is 1. The van der Waals surface area contributed by atoms with Crippen LogP contribution in [0.2, 0.25) is 0 Å². The van der Waals surface area contributed by atoms with E-state index in [0.717, 1.165) is 48.7 Å². The smallest absolute Gasteiger partial charge is 0.407 e. The second-order valence-corrected chi connectivity index (χ2v) is 10.0. The molecule has 7 nitrogen and oxygen atoms in total. The van der Waals surface area contributed by atoms with E-state index < -0.39 is 5.60 Å². The number of hydrogen-bond acceptors (Lipinski definition) is 7. The molecule has 2 heterocycles. The van der Waals surface area contributed by atoms with Gasteiger partial charge in [0.15, 0.2) is 0 Å². The molecule has 2 N–H and O–H groups in total. The topological polar surface area (TPSA) is 93.6 Å². The zero-order valence-corrected chi connectivity index (χ0v) is 18.1. The molecule has 1 fully saturated rings. The Kier molecular flexibility index (Phi) is 5.66. The van der Waals surface area contributed by atoms with Gasteiger partial charge in [-0.15, -0.1) is 11.3 Å². The van der Waals surface area contributed by atoms with Crippen molar-refractivity contribution < 1.29 is 19.4 Å². The van der Waals surface area contributed by atoms with Gasteiger partial charge in [-0.25, -0.2) is 14.8 Å². The zero-order chi connectivity index (χ0) is 20.6. The molecular weight excluding hydrogens is 390 g/mol. The first-order valence-corrected chi connectivity index (χ1v) is 11.2. The first-order chi connectivity index (χ1) is 13.8. The summed E-state index contributed by atoms with van der Waals surface area (Å²) >= 11 is 1.69. The molecule has 0 saturated heterocycles. The molecule has 4 rings (SSSR count). The first kappa shape index (κ1) is 20.3. The number of aromatic nitrogens is 2. The summed E-state index contributed by atoms with van der Waals surface area (Å²) in [5.41, 5.74) is 0.694. The SMILES string of the molecule is CC(C)(C)OC(=O)N[C@H]1CC[C@H](Oc2ncnc3sc4c(c23)[C@@H](CO)CC4)CC1. The molecule has 158 valence electrons. The van der Waals surface area contributed by atoms with Crippen LogP contribution >= 0.6 is 11.3 Å². The van der Waals surface area contributed by atoms with Gasteiger partial charge in [-0.3, -0.25) is 0 Å². The highest BCUT2D eigenvalue weighted by atomic mass is 32.1. The van der Waals surface area contributed by atoms with Gasteiger partial charge in [-0.2, -0.15) is 0 Å². The number of aliphatic hydroxyl groups is 1. The second kappa shape index (κ2) is 8.07. The Morgan fingerprint density at radius 3 is 2.69 bits per heavy atom. The molecule has 2 aromatic heterocycles. The maximum atomic E-state index is 12.0. The third kappa shape index (κ3) is 4.48. The van der Waals surface area contributed by atoms with Crippen molar-refractivity contribution in [1.82, 2.24) is 15.3 Å². The fourth-order valence-electron chi connectivity index (χ4n) is 4.27. The van der Waals surface area contributed by atoms with Gasteiger partial charge < -0.3 is 19.9 Å². The van der Waals surface area contributed by atoms with Gasteiger partial charge >= 0.3 is 6.09 Å². The number of ether oxygens (including phenoxy) is 2. The van der Waals surface area contributed by atoms with Gasteiger partial charge in [0, 0.05) is 16.8 Å². The molecule has 0 radical (unpaired) electrons. The Morgan fingerprint density at radius 2 is 2.00 bits per heavy atom. The number of carbonyl (C=O) groups excluding carboxylic acids is 1. The third-order valence-electron chi connectivity index (χ3n) is 5.59. The molecular formula is C21H29N3O4S. The number of carbonyl (C=O) groups is 1. The predicted molar refractivity (Wildman–Crippen MR) is 112 cm³/mol. The van der Waals surface area contributed by atoms with Crippen LogP contribution in [0, 0.1) is 0 Å². The van der Waals surface area contributed by atoms with Crippen molar-refractivity contribution in [2.45, 2.75) is 83.0 Å². The molecule has 0 aliphatic heterocycles. The van der Waals surface area contributed by atoms with Crippen LogP contribution in [0.5, 0.6) is 5.88 Å². The minimum absolute atomic E-state index is 0.0642. The van der Waals surface area contributed by atoms with E-state index in [1.54, 1.807) is 17.7 Å². The molecule has 8 heteroatoms. The van der Waals surface area contributed by atoms with Crippen LogP contribution in [0.15, 0.2) is 6.33 Å². The lowest BCUT2D eigenvalue weighted by molar-refractivity contribution is 0.0470. The maximum Gasteiger partial charge on any atom is 0.407 e. The zero-order valence-electron chi connectivity index (χ0n) is 17.2. The van der Waals surface area contributed by atoms with Crippen molar-refractivity contribution in [1.29, 1.82) is 0 Å². The van der Waals surface area contributed by atoms with Crippen LogP contribution in [0.25, 0.3) is 10.2 Å². The van der Waals surface area contributed by atoms with Crippen molar-refractivity contribution in [2.75, 3.05) is 6.61 Å². The maximum absolute atomic E-state index is 12.0. The lowest BCUT2D eigenvalue weighted by Gasteiger charge is -2.30. The van der Waals surface area contributed by atoms with E-state index in [4.69, 9.17) is 9.47 Å². The van der Waals surface area contributed by atoms with Gasteiger partial charge in [0.05, 0.1) is 12.0 Å². The standard InChI is InChI=1S/C21H29N3O4S/c1-21(2,3)28-20(26)24-13-5-7-14(8-6-13)27-18-17-16-12(10-25)4-9-15(16)29-19(17)23-11-22-18/h11-14,25H,4-10H2,1-3H3,(H,24,26)/t12-,13-,14-/m1/s1. The lowest BCUT2D eigenvalue weighted by Crippen LogP contribution is -2.42. The molecule has 0 bridgehead atoms. The van der Waals surface area contributed by atoms with Crippen LogP contribution in [-0.4, -0.2) is 45.5 Å². The number of aliphatic hydroxyl groups excluding tert-OH is 1. The van der Waals surface area contributed by atoms with E-state index in [1.807, 2.05) is 20.8 Å². The highest BCUT2D eigenvalue weighted by Crippen LogP contribution is 2.46. The summed E-state index contributed by atoms with van der Waals surface area (Å²) in [5, 5.41) is 13.7. The number of alkyl carbamates (subject to hydrolysis) is 1. The third-order valence-corrected chi connectivity index (χ3v) is 6.76. The largest absolute Gasteiger partial charge is 0.474 e. The summed E-state index contributed by atoms with van der Waals surface area (Å²) in [4.78, 5) is 23.1. The van der Waals surface area contributed by atoms with Gasteiger partial charge in [0.25, 0.3) is 0 Å². The molecule has 0 unspecified atom stereocenters.